The van der Waals surface area contributed by atoms with Crippen molar-refractivity contribution in [2.24, 2.45) is 0 Å². The number of rotatable bonds is 3. The molecule has 3 rings (SSSR count). The summed E-state index contributed by atoms with van der Waals surface area (Å²) >= 11 is 0. The molecule has 1 amide bonds. The number of likely N-dealkylation sites (N-methyl/N-ethyl adjacent to an activating group) is 1. The number of nitrogens with zero attached hydrogens (tertiary/aromatic N) is 2. The van der Waals surface area contributed by atoms with Gasteiger partial charge in [-0.15, -0.1) is 0 Å². The van der Waals surface area contributed by atoms with E-state index in [1.165, 1.54) is 6.07 Å². The number of carbonyl (C=O) groups is 1. The Kier molecular flexibility index (Phi) is 4.13. The second-order valence-corrected chi connectivity index (χ2v) is 6.56. The standard InChI is InChI=1S/C18H20FN3O2/c1-18(2)11-22(3)15-8-13(14(19)9-16(15)24-18)17(23)21-10-12-4-6-20-7-5-12/h4-9H,10-11H2,1-3H3,(H,21,23). The fraction of sp³-hybridized carbons (Fsp3) is 0.333. The Morgan fingerprint density at radius 2 is 2.08 bits per heavy atom. The smallest absolute Gasteiger partial charge is 0.254 e. The molecule has 2 aromatic rings. The number of carbonyl (C=O) groups excluding carboxylic acids is 1. The van der Waals surface area contributed by atoms with Crippen molar-refractivity contribution in [1.29, 1.82) is 0 Å². The van der Waals surface area contributed by atoms with E-state index < -0.39 is 17.3 Å². The average molecular weight is 329 g/mol. The van der Waals surface area contributed by atoms with E-state index in [0.717, 1.165) is 5.56 Å². The number of aromatic nitrogens is 1. The van der Waals surface area contributed by atoms with Gasteiger partial charge in [-0.05, 0) is 37.6 Å². The number of fused-ring (bicyclic) bond motifs is 1. The molecule has 24 heavy (non-hydrogen) atoms. The highest BCUT2D eigenvalue weighted by Gasteiger charge is 2.31. The van der Waals surface area contributed by atoms with E-state index in [-0.39, 0.29) is 5.56 Å². The van der Waals surface area contributed by atoms with Crippen molar-refractivity contribution in [2.45, 2.75) is 26.0 Å². The Hall–Kier alpha value is -2.63. The number of benzene rings is 1. The van der Waals surface area contributed by atoms with Crippen LogP contribution in [0.15, 0.2) is 36.7 Å². The molecule has 0 fully saturated rings. The molecule has 1 aliphatic heterocycles. The molecule has 0 bridgehead atoms. The average Bonchev–Trinajstić information content (AvgIpc) is 2.52. The number of anilines is 1. The van der Waals surface area contributed by atoms with Gasteiger partial charge in [0.25, 0.3) is 5.91 Å². The van der Waals surface area contributed by atoms with Crippen molar-refractivity contribution in [3.05, 3.63) is 53.6 Å². The first kappa shape index (κ1) is 16.2. The van der Waals surface area contributed by atoms with Crippen molar-refractivity contribution in [3.8, 4) is 5.75 Å². The van der Waals surface area contributed by atoms with E-state index in [0.29, 0.717) is 24.5 Å². The fourth-order valence-corrected chi connectivity index (χ4v) is 2.86. The van der Waals surface area contributed by atoms with Crippen LogP contribution in [0.25, 0.3) is 0 Å². The van der Waals surface area contributed by atoms with E-state index in [1.807, 2.05) is 25.8 Å². The second kappa shape index (κ2) is 6.11. The van der Waals surface area contributed by atoms with Crippen molar-refractivity contribution >= 4 is 11.6 Å². The van der Waals surface area contributed by atoms with Gasteiger partial charge in [0.15, 0.2) is 0 Å². The van der Waals surface area contributed by atoms with Crippen molar-refractivity contribution in [1.82, 2.24) is 10.3 Å². The molecule has 1 aromatic carbocycles. The van der Waals surface area contributed by atoms with Crippen LogP contribution in [0, 0.1) is 5.82 Å². The van der Waals surface area contributed by atoms with Crippen LogP contribution in [0.2, 0.25) is 0 Å². The Morgan fingerprint density at radius 1 is 1.38 bits per heavy atom. The van der Waals surface area contributed by atoms with Gasteiger partial charge in [0.1, 0.15) is 17.2 Å². The lowest BCUT2D eigenvalue weighted by atomic mass is 10.0. The normalized spacial score (nSPS) is 15.4. The first-order valence-electron chi connectivity index (χ1n) is 7.76. The van der Waals surface area contributed by atoms with E-state index in [2.05, 4.69) is 10.3 Å². The van der Waals surface area contributed by atoms with Crippen LogP contribution in [0.5, 0.6) is 5.75 Å². The lowest BCUT2D eigenvalue weighted by molar-refractivity contribution is 0.0945. The molecule has 1 N–H and O–H groups in total. The molecule has 0 atom stereocenters. The maximum atomic E-state index is 14.4. The number of hydrogen-bond donors (Lipinski definition) is 1. The van der Waals surface area contributed by atoms with Crippen LogP contribution in [0.4, 0.5) is 10.1 Å². The molecule has 0 radical (unpaired) electrons. The van der Waals surface area contributed by atoms with Crippen LogP contribution < -0.4 is 15.0 Å². The summed E-state index contributed by atoms with van der Waals surface area (Å²) in [6.45, 7) is 4.86. The number of amides is 1. The number of ether oxygens (including phenoxy) is 1. The van der Waals surface area contributed by atoms with Crippen molar-refractivity contribution < 1.29 is 13.9 Å². The zero-order valence-electron chi connectivity index (χ0n) is 14.0. The maximum Gasteiger partial charge on any atom is 0.254 e. The van der Waals surface area contributed by atoms with Gasteiger partial charge < -0.3 is 15.0 Å². The number of nitrogens with one attached hydrogen (secondary N) is 1. The summed E-state index contributed by atoms with van der Waals surface area (Å²) in [6, 6.07) is 6.43. The molecule has 5 nitrogen and oxygen atoms in total. The Labute approximate surface area is 140 Å². The van der Waals surface area contributed by atoms with Crippen molar-refractivity contribution in [2.75, 3.05) is 18.5 Å². The van der Waals surface area contributed by atoms with E-state index in [1.54, 1.807) is 30.6 Å². The molecule has 0 unspecified atom stereocenters. The molecule has 2 heterocycles. The van der Waals surface area contributed by atoms with Crippen LogP contribution in [-0.4, -0.2) is 30.1 Å². The number of pyridine rings is 1. The molecule has 0 aliphatic carbocycles. The first-order valence-corrected chi connectivity index (χ1v) is 7.76. The van der Waals surface area contributed by atoms with E-state index in [4.69, 9.17) is 4.74 Å². The Morgan fingerprint density at radius 3 is 2.79 bits per heavy atom. The molecule has 0 saturated heterocycles. The minimum atomic E-state index is -0.591. The summed E-state index contributed by atoms with van der Waals surface area (Å²) in [5, 5.41) is 2.73. The van der Waals surface area contributed by atoms with Crippen LogP contribution in [0.1, 0.15) is 29.8 Å². The highest BCUT2D eigenvalue weighted by molar-refractivity contribution is 5.96. The Balaban J connectivity index is 1.81. The maximum absolute atomic E-state index is 14.4. The SMILES string of the molecule is CN1CC(C)(C)Oc2cc(F)c(C(=O)NCc3ccncc3)cc21. The second-order valence-electron chi connectivity index (χ2n) is 6.56. The van der Waals surface area contributed by atoms with E-state index >= 15 is 0 Å². The van der Waals surface area contributed by atoms with Crippen LogP contribution in [-0.2, 0) is 6.54 Å². The third-order valence-corrected chi connectivity index (χ3v) is 3.91. The van der Waals surface area contributed by atoms with Gasteiger partial charge in [-0.2, -0.15) is 0 Å². The lowest BCUT2D eigenvalue weighted by Crippen LogP contribution is -2.45. The summed E-state index contributed by atoms with van der Waals surface area (Å²) in [6.07, 6.45) is 3.30. The molecule has 0 saturated carbocycles. The summed E-state index contributed by atoms with van der Waals surface area (Å²) in [7, 11) is 1.90. The predicted octanol–water partition coefficient (Wildman–Crippen LogP) is 2.76. The summed E-state index contributed by atoms with van der Waals surface area (Å²) in [5.41, 5.74) is 1.22. The van der Waals surface area contributed by atoms with E-state index in [9.17, 15) is 9.18 Å². The van der Waals surface area contributed by atoms with Gasteiger partial charge in [-0.1, -0.05) is 0 Å². The minimum absolute atomic E-state index is 0.0120. The zero-order valence-corrected chi connectivity index (χ0v) is 14.0. The van der Waals surface area contributed by atoms with Gasteiger partial charge >= 0.3 is 0 Å². The monoisotopic (exact) mass is 329 g/mol. The van der Waals surface area contributed by atoms with Gasteiger partial charge in [0.05, 0.1) is 17.8 Å². The van der Waals surface area contributed by atoms with Gasteiger partial charge in [0.2, 0.25) is 0 Å². The molecule has 6 heteroatoms. The fourth-order valence-electron chi connectivity index (χ4n) is 2.86. The van der Waals surface area contributed by atoms with Crippen LogP contribution in [0.3, 0.4) is 0 Å². The molecule has 0 spiro atoms. The topological polar surface area (TPSA) is 54.5 Å². The number of hydrogen-bond acceptors (Lipinski definition) is 4. The van der Waals surface area contributed by atoms with Crippen LogP contribution >= 0.6 is 0 Å². The zero-order chi connectivity index (χ0) is 17.3. The largest absolute Gasteiger partial charge is 0.484 e. The lowest BCUT2D eigenvalue weighted by Gasteiger charge is -2.39. The van der Waals surface area contributed by atoms with Gasteiger partial charge in [-0.25, -0.2) is 4.39 Å². The molecular formula is C18H20FN3O2. The summed E-state index contributed by atoms with van der Waals surface area (Å²) in [4.78, 5) is 18.2. The highest BCUT2D eigenvalue weighted by atomic mass is 19.1. The third-order valence-electron chi connectivity index (χ3n) is 3.91. The highest BCUT2D eigenvalue weighted by Crippen LogP contribution is 2.37. The molecule has 126 valence electrons. The third kappa shape index (κ3) is 3.32. The Bertz CT molecular complexity index is 762. The molecule has 1 aliphatic rings. The molecule has 1 aromatic heterocycles. The summed E-state index contributed by atoms with van der Waals surface area (Å²) < 4.78 is 20.2. The van der Waals surface area contributed by atoms with Gasteiger partial charge in [-0.3, -0.25) is 9.78 Å². The number of halogens is 1. The molecular weight excluding hydrogens is 309 g/mol. The first-order chi connectivity index (χ1) is 11.4. The van der Waals surface area contributed by atoms with Gasteiger partial charge in [0, 0.05) is 32.1 Å². The quantitative estimate of drug-likeness (QED) is 0.941. The predicted molar refractivity (Wildman–Crippen MR) is 89.8 cm³/mol. The van der Waals surface area contributed by atoms with Crippen molar-refractivity contribution in [3.63, 3.8) is 0 Å². The summed E-state index contributed by atoms with van der Waals surface area (Å²) in [5.74, 6) is -0.589. The minimum Gasteiger partial charge on any atom is -0.484 e.